The Balaban J connectivity index is 2.59. The molecule has 1 heterocycles. The summed E-state index contributed by atoms with van der Waals surface area (Å²) in [6, 6.07) is 4.73. The number of halogens is 6. The first-order chi connectivity index (χ1) is 9.60. The molecule has 0 unspecified atom stereocenters. The summed E-state index contributed by atoms with van der Waals surface area (Å²) < 4.78 is 83.3. The Bertz CT molecular complexity index is 641. The van der Waals surface area contributed by atoms with Crippen molar-refractivity contribution in [2.75, 3.05) is 0 Å². The molecule has 21 heavy (non-hydrogen) atoms. The van der Waals surface area contributed by atoms with Crippen molar-refractivity contribution in [2.24, 2.45) is 7.05 Å². The first-order valence-corrected chi connectivity index (χ1v) is 5.59. The van der Waals surface area contributed by atoms with Gasteiger partial charge in [-0.1, -0.05) is 6.07 Å². The molecule has 0 aliphatic heterocycles. The minimum absolute atomic E-state index is 0.0557. The van der Waals surface area contributed by atoms with Gasteiger partial charge in [0.25, 0.3) is 0 Å². The third-order valence-corrected chi connectivity index (χ3v) is 2.65. The summed E-state index contributed by atoms with van der Waals surface area (Å²) in [6.07, 6.45) is -7.75. The number of ether oxygens (including phenoxy) is 1. The maximum absolute atomic E-state index is 13.0. The van der Waals surface area contributed by atoms with Gasteiger partial charge in [-0.15, -0.1) is 0 Å². The van der Waals surface area contributed by atoms with Crippen LogP contribution in [-0.4, -0.2) is 4.57 Å². The van der Waals surface area contributed by atoms with E-state index in [0.29, 0.717) is 6.07 Å². The maximum atomic E-state index is 13.0. The monoisotopic (exact) mass is 308 g/mol. The molecule has 0 aliphatic rings. The van der Waals surface area contributed by atoms with Crippen molar-refractivity contribution in [3.05, 3.63) is 47.7 Å². The smallest absolute Gasteiger partial charge is 0.420 e. The molecule has 2 nitrogen and oxygen atoms in total. The van der Waals surface area contributed by atoms with Crippen molar-refractivity contribution in [3.63, 3.8) is 0 Å². The fraction of sp³-hybridized carbons (Fsp3) is 0.231. The highest BCUT2D eigenvalue weighted by Gasteiger charge is 2.45. The van der Waals surface area contributed by atoms with Crippen LogP contribution in [-0.2, 0) is 19.4 Å². The summed E-state index contributed by atoms with van der Waals surface area (Å²) in [5.41, 5.74) is -3.63. The number of hydrogen-bond donors (Lipinski definition) is 0. The van der Waals surface area contributed by atoms with Gasteiger partial charge in [0.2, 0.25) is 0 Å². The third kappa shape index (κ3) is 3.14. The minimum Gasteiger partial charge on any atom is -0.440 e. The summed E-state index contributed by atoms with van der Waals surface area (Å²) >= 11 is 0. The van der Waals surface area contributed by atoms with Crippen molar-refractivity contribution in [1.29, 1.82) is 0 Å². The van der Waals surface area contributed by atoms with Gasteiger partial charge in [-0.2, -0.15) is 26.3 Å². The summed E-state index contributed by atoms with van der Waals surface area (Å²) in [5.74, 6) is -0.965. The first kappa shape index (κ1) is 15.3. The first-order valence-electron chi connectivity index (χ1n) is 5.59. The zero-order valence-corrected chi connectivity index (χ0v) is 10.5. The van der Waals surface area contributed by atoms with Crippen LogP contribution in [0.1, 0.15) is 11.1 Å². The Kier molecular flexibility index (Phi) is 3.65. The van der Waals surface area contributed by atoms with Crippen LogP contribution in [0.2, 0.25) is 0 Å². The predicted molar refractivity (Wildman–Crippen MR) is 60.8 cm³/mol. The lowest BCUT2D eigenvalue weighted by atomic mass is 10.1. The number of aromatic nitrogens is 1. The molecule has 2 aromatic rings. The molecule has 0 aliphatic carbocycles. The Labute approximate surface area is 115 Å². The number of aryl methyl sites for hydroxylation is 1. The molecular formula is C13H8F6NO. The molecular weight excluding hydrogens is 300 g/mol. The van der Waals surface area contributed by atoms with Crippen molar-refractivity contribution in [3.8, 4) is 11.6 Å². The van der Waals surface area contributed by atoms with Gasteiger partial charge < -0.3 is 9.30 Å². The summed E-state index contributed by atoms with van der Waals surface area (Å²) in [4.78, 5) is 0. The molecule has 113 valence electrons. The van der Waals surface area contributed by atoms with Crippen LogP contribution in [0.3, 0.4) is 0 Å². The molecule has 0 bridgehead atoms. The van der Waals surface area contributed by atoms with Crippen molar-refractivity contribution < 1.29 is 31.1 Å². The van der Waals surface area contributed by atoms with Crippen molar-refractivity contribution in [2.45, 2.75) is 12.4 Å². The molecule has 0 fully saturated rings. The van der Waals surface area contributed by atoms with Gasteiger partial charge in [0.15, 0.2) is 5.88 Å². The number of benzene rings is 1. The van der Waals surface area contributed by atoms with Gasteiger partial charge in [-0.05, 0) is 18.2 Å². The summed E-state index contributed by atoms with van der Waals surface area (Å²) in [5, 5.41) is 0. The van der Waals surface area contributed by atoms with Crippen molar-refractivity contribution in [1.82, 2.24) is 4.57 Å². The van der Waals surface area contributed by atoms with E-state index in [4.69, 9.17) is 4.74 Å². The van der Waals surface area contributed by atoms with E-state index in [9.17, 15) is 26.3 Å². The lowest BCUT2D eigenvalue weighted by Gasteiger charge is -2.19. The molecule has 1 radical (unpaired) electrons. The standard InChI is InChI=1S/C13H8F6NO/c1-20-7-3-6-10(20)21-9-5-2-4-8(12(14,15)16)11(9)13(17,18)19/h2-6H,1H3. The number of nitrogens with zero attached hydrogens (tertiary/aromatic N) is 1. The van der Waals surface area contributed by atoms with Crippen LogP contribution in [0, 0.1) is 6.20 Å². The maximum Gasteiger partial charge on any atom is 0.420 e. The molecule has 8 heteroatoms. The van der Waals surface area contributed by atoms with E-state index in [-0.39, 0.29) is 5.88 Å². The summed E-state index contributed by atoms with van der Waals surface area (Å²) in [7, 11) is 1.44. The van der Waals surface area contributed by atoms with Gasteiger partial charge in [-0.3, -0.25) is 0 Å². The van der Waals surface area contributed by atoms with Gasteiger partial charge in [-0.25, -0.2) is 0 Å². The quantitative estimate of drug-likeness (QED) is 0.736. The zero-order chi connectivity index (χ0) is 15.8. The molecule has 0 saturated heterocycles. The van der Waals surface area contributed by atoms with E-state index in [1.54, 1.807) is 0 Å². The van der Waals surface area contributed by atoms with Gasteiger partial charge in [0.05, 0.1) is 11.8 Å². The van der Waals surface area contributed by atoms with Crippen molar-refractivity contribution >= 4 is 0 Å². The lowest BCUT2D eigenvalue weighted by Crippen LogP contribution is -2.17. The highest BCUT2D eigenvalue weighted by atomic mass is 19.4. The lowest BCUT2D eigenvalue weighted by molar-refractivity contribution is -0.162. The topological polar surface area (TPSA) is 14.2 Å². The highest BCUT2D eigenvalue weighted by molar-refractivity contribution is 5.45. The van der Waals surface area contributed by atoms with E-state index in [1.165, 1.54) is 23.7 Å². The van der Waals surface area contributed by atoms with Gasteiger partial charge in [0.1, 0.15) is 11.3 Å². The summed E-state index contributed by atoms with van der Waals surface area (Å²) in [6.45, 7) is 0. The average molecular weight is 308 g/mol. The largest absolute Gasteiger partial charge is 0.440 e. The molecule has 0 N–H and O–H groups in total. The molecule has 0 amide bonds. The van der Waals surface area contributed by atoms with E-state index in [0.717, 1.165) is 12.1 Å². The van der Waals surface area contributed by atoms with Crippen LogP contribution in [0.4, 0.5) is 26.3 Å². The number of alkyl halides is 6. The molecule has 2 rings (SSSR count). The van der Waals surface area contributed by atoms with Gasteiger partial charge >= 0.3 is 12.4 Å². The number of hydrogen-bond acceptors (Lipinski definition) is 1. The Hall–Kier alpha value is -2.12. The van der Waals surface area contributed by atoms with E-state index in [1.807, 2.05) is 0 Å². The van der Waals surface area contributed by atoms with E-state index < -0.39 is 29.2 Å². The fourth-order valence-electron chi connectivity index (χ4n) is 1.76. The van der Waals surface area contributed by atoms with Crippen LogP contribution >= 0.6 is 0 Å². The van der Waals surface area contributed by atoms with E-state index >= 15 is 0 Å². The fourth-order valence-corrected chi connectivity index (χ4v) is 1.76. The van der Waals surface area contributed by atoms with Crippen LogP contribution in [0.5, 0.6) is 11.6 Å². The van der Waals surface area contributed by atoms with Crippen LogP contribution in [0.15, 0.2) is 30.3 Å². The third-order valence-electron chi connectivity index (χ3n) is 2.65. The number of rotatable bonds is 2. The molecule has 0 saturated carbocycles. The Morgan fingerprint density at radius 3 is 2.14 bits per heavy atom. The average Bonchev–Trinajstić information content (AvgIpc) is 2.72. The molecule has 0 atom stereocenters. The second-order valence-electron chi connectivity index (χ2n) is 4.14. The molecule has 0 spiro atoms. The Morgan fingerprint density at radius 2 is 1.67 bits per heavy atom. The SMILES string of the molecule is Cn1[c]ccc1Oc1cccc(C(F)(F)F)c1C(F)(F)F. The predicted octanol–water partition coefficient (Wildman–Crippen LogP) is 4.66. The van der Waals surface area contributed by atoms with Gasteiger partial charge in [0, 0.05) is 13.1 Å². The molecule has 1 aromatic carbocycles. The van der Waals surface area contributed by atoms with E-state index in [2.05, 4.69) is 6.20 Å². The second kappa shape index (κ2) is 5.01. The normalized spacial score (nSPS) is 12.5. The highest BCUT2D eigenvalue weighted by Crippen LogP contribution is 2.45. The zero-order valence-electron chi connectivity index (χ0n) is 10.5. The van der Waals surface area contributed by atoms with Crippen LogP contribution < -0.4 is 4.74 Å². The Morgan fingerprint density at radius 1 is 1.00 bits per heavy atom. The minimum atomic E-state index is -5.20. The second-order valence-corrected chi connectivity index (χ2v) is 4.14. The molecule has 1 aromatic heterocycles. The van der Waals surface area contributed by atoms with Crippen LogP contribution in [0.25, 0.3) is 0 Å².